The second kappa shape index (κ2) is 8.12. The van der Waals surface area contributed by atoms with Gasteiger partial charge in [-0.15, -0.1) is 0 Å². The number of rotatable bonds is 7. The fourth-order valence-electron chi connectivity index (χ4n) is 2.02. The Kier molecular flexibility index (Phi) is 6.82. The van der Waals surface area contributed by atoms with Crippen LogP contribution in [-0.2, 0) is 4.79 Å². The van der Waals surface area contributed by atoms with Gasteiger partial charge in [0.25, 0.3) is 0 Å². The Morgan fingerprint density at radius 2 is 2.10 bits per heavy atom. The van der Waals surface area contributed by atoms with Crippen molar-refractivity contribution in [3.63, 3.8) is 0 Å². The summed E-state index contributed by atoms with van der Waals surface area (Å²) in [5.41, 5.74) is 6.91. The van der Waals surface area contributed by atoms with E-state index in [-0.39, 0.29) is 5.91 Å². The van der Waals surface area contributed by atoms with Crippen molar-refractivity contribution in [1.29, 1.82) is 0 Å². The standard InChI is InChI=1S/C15H24ClN3O/c1-4-8-19(11(2)3)9-7-15(20)18-14-6-5-12(16)10-13(14)17/h5-6,10-11H,4,7-9,17H2,1-3H3,(H,18,20). The number of anilines is 2. The number of nitrogen functional groups attached to an aromatic ring is 1. The maximum absolute atomic E-state index is 12.0. The first-order valence-corrected chi connectivity index (χ1v) is 7.40. The summed E-state index contributed by atoms with van der Waals surface area (Å²) in [5, 5.41) is 3.39. The molecule has 0 aliphatic carbocycles. The lowest BCUT2D eigenvalue weighted by molar-refractivity contribution is -0.116. The molecular weight excluding hydrogens is 274 g/mol. The van der Waals surface area contributed by atoms with Crippen molar-refractivity contribution in [2.75, 3.05) is 24.1 Å². The van der Waals surface area contributed by atoms with Crippen molar-refractivity contribution in [2.24, 2.45) is 0 Å². The number of amides is 1. The average molecular weight is 298 g/mol. The highest BCUT2D eigenvalue weighted by molar-refractivity contribution is 6.31. The fraction of sp³-hybridized carbons (Fsp3) is 0.533. The van der Waals surface area contributed by atoms with E-state index in [2.05, 4.69) is 31.0 Å². The minimum atomic E-state index is -0.0271. The molecule has 1 rings (SSSR count). The molecule has 1 aromatic rings. The molecule has 20 heavy (non-hydrogen) atoms. The van der Waals surface area contributed by atoms with Crippen molar-refractivity contribution in [2.45, 2.75) is 39.7 Å². The van der Waals surface area contributed by atoms with Crippen LogP contribution in [0.15, 0.2) is 18.2 Å². The van der Waals surface area contributed by atoms with Crippen molar-refractivity contribution >= 4 is 28.9 Å². The van der Waals surface area contributed by atoms with Gasteiger partial charge in [-0.1, -0.05) is 18.5 Å². The third kappa shape index (κ3) is 5.39. The first-order valence-electron chi connectivity index (χ1n) is 7.03. The summed E-state index contributed by atoms with van der Waals surface area (Å²) >= 11 is 5.83. The number of hydrogen-bond donors (Lipinski definition) is 2. The number of carbonyl (C=O) groups excluding carboxylic acids is 1. The van der Waals surface area contributed by atoms with E-state index in [1.54, 1.807) is 18.2 Å². The van der Waals surface area contributed by atoms with Crippen molar-refractivity contribution < 1.29 is 4.79 Å². The van der Waals surface area contributed by atoms with Gasteiger partial charge in [0.05, 0.1) is 11.4 Å². The summed E-state index contributed by atoms with van der Waals surface area (Å²) in [6.07, 6.45) is 1.55. The molecule has 5 heteroatoms. The maximum Gasteiger partial charge on any atom is 0.225 e. The zero-order chi connectivity index (χ0) is 15.1. The van der Waals surface area contributed by atoms with Gasteiger partial charge in [-0.05, 0) is 45.0 Å². The third-order valence-corrected chi connectivity index (χ3v) is 3.39. The molecular formula is C15H24ClN3O. The Labute approximate surface area is 126 Å². The van der Waals surface area contributed by atoms with E-state index < -0.39 is 0 Å². The highest BCUT2D eigenvalue weighted by Crippen LogP contribution is 2.22. The van der Waals surface area contributed by atoms with E-state index in [0.29, 0.717) is 28.9 Å². The van der Waals surface area contributed by atoms with Crippen LogP contribution in [-0.4, -0.2) is 29.9 Å². The Morgan fingerprint density at radius 3 is 2.65 bits per heavy atom. The molecule has 0 aromatic heterocycles. The molecule has 0 radical (unpaired) electrons. The predicted octanol–water partition coefficient (Wildman–Crippen LogP) is 3.37. The van der Waals surface area contributed by atoms with Gasteiger partial charge in [-0.3, -0.25) is 4.79 Å². The summed E-state index contributed by atoms with van der Waals surface area (Å²) in [6.45, 7) is 8.19. The summed E-state index contributed by atoms with van der Waals surface area (Å²) in [7, 11) is 0. The Hall–Kier alpha value is -1.26. The monoisotopic (exact) mass is 297 g/mol. The molecule has 0 saturated carbocycles. The predicted molar refractivity (Wildman–Crippen MR) is 86.1 cm³/mol. The normalized spacial score (nSPS) is 11.1. The van der Waals surface area contributed by atoms with Crippen LogP contribution in [0.4, 0.5) is 11.4 Å². The van der Waals surface area contributed by atoms with Gasteiger partial charge < -0.3 is 16.0 Å². The van der Waals surface area contributed by atoms with E-state index in [4.69, 9.17) is 17.3 Å². The zero-order valence-electron chi connectivity index (χ0n) is 12.4. The quantitative estimate of drug-likeness (QED) is 0.759. The third-order valence-electron chi connectivity index (χ3n) is 3.15. The smallest absolute Gasteiger partial charge is 0.225 e. The molecule has 112 valence electrons. The molecule has 3 N–H and O–H groups in total. The second-order valence-electron chi connectivity index (χ2n) is 5.16. The number of benzene rings is 1. The number of nitrogens with zero attached hydrogens (tertiary/aromatic N) is 1. The lowest BCUT2D eigenvalue weighted by Gasteiger charge is -2.25. The van der Waals surface area contributed by atoms with Crippen molar-refractivity contribution in [3.8, 4) is 0 Å². The highest BCUT2D eigenvalue weighted by atomic mass is 35.5. The van der Waals surface area contributed by atoms with Crippen LogP contribution in [0.2, 0.25) is 5.02 Å². The SMILES string of the molecule is CCCN(CCC(=O)Nc1ccc(Cl)cc1N)C(C)C. The van der Waals surface area contributed by atoms with Gasteiger partial charge in [-0.25, -0.2) is 0 Å². The van der Waals surface area contributed by atoms with Gasteiger partial charge in [0.15, 0.2) is 0 Å². The molecule has 0 bridgehead atoms. The lowest BCUT2D eigenvalue weighted by atomic mass is 10.2. The number of halogens is 1. The zero-order valence-corrected chi connectivity index (χ0v) is 13.2. The molecule has 0 atom stereocenters. The number of nitrogens with two attached hydrogens (primary N) is 1. The molecule has 0 saturated heterocycles. The maximum atomic E-state index is 12.0. The Bertz CT molecular complexity index is 449. The van der Waals surface area contributed by atoms with Gasteiger partial charge in [0, 0.05) is 24.0 Å². The van der Waals surface area contributed by atoms with Crippen molar-refractivity contribution in [3.05, 3.63) is 23.2 Å². The topological polar surface area (TPSA) is 58.4 Å². The van der Waals surface area contributed by atoms with Crippen LogP contribution in [0.5, 0.6) is 0 Å². The summed E-state index contributed by atoms with van der Waals surface area (Å²) in [6, 6.07) is 5.52. The number of carbonyl (C=O) groups is 1. The van der Waals surface area contributed by atoms with E-state index in [1.165, 1.54) is 0 Å². The molecule has 0 aliphatic heterocycles. The van der Waals surface area contributed by atoms with Crippen LogP contribution >= 0.6 is 11.6 Å². The first-order chi connectivity index (χ1) is 9.43. The van der Waals surface area contributed by atoms with Gasteiger partial charge >= 0.3 is 0 Å². The van der Waals surface area contributed by atoms with E-state index in [9.17, 15) is 4.79 Å². The van der Waals surface area contributed by atoms with Gasteiger partial charge in [0.2, 0.25) is 5.91 Å². The summed E-state index contributed by atoms with van der Waals surface area (Å²) < 4.78 is 0. The molecule has 0 fully saturated rings. The number of hydrogen-bond acceptors (Lipinski definition) is 3. The minimum absolute atomic E-state index is 0.0271. The van der Waals surface area contributed by atoms with Crippen molar-refractivity contribution in [1.82, 2.24) is 4.90 Å². The summed E-state index contributed by atoms with van der Waals surface area (Å²) in [4.78, 5) is 14.3. The van der Waals surface area contributed by atoms with E-state index in [0.717, 1.165) is 19.5 Å². The largest absolute Gasteiger partial charge is 0.397 e. The number of nitrogens with one attached hydrogen (secondary N) is 1. The molecule has 1 aromatic carbocycles. The van der Waals surface area contributed by atoms with E-state index in [1.807, 2.05) is 0 Å². The second-order valence-corrected chi connectivity index (χ2v) is 5.60. The molecule has 0 aliphatic rings. The van der Waals surface area contributed by atoms with Crippen LogP contribution in [0.25, 0.3) is 0 Å². The van der Waals surface area contributed by atoms with Crippen LogP contribution in [0, 0.1) is 0 Å². The van der Waals surface area contributed by atoms with E-state index >= 15 is 0 Å². The lowest BCUT2D eigenvalue weighted by Crippen LogP contribution is -2.34. The molecule has 0 spiro atoms. The Balaban J connectivity index is 2.51. The minimum Gasteiger partial charge on any atom is -0.397 e. The molecule has 0 heterocycles. The van der Waals surface area contributed by atoms with Crippen LogP contribution < -0.4 is 11.1 Å². The molecule has 1 amide bonds. The van der Waals surface area contributed by atoms with Gasteiger partial charge in [-0.2, -0.15) is 0 Å². The molecule has 4 nitrogen and oxygen atoms in total. The summed E-state index contributed by atoms with van der Waals surface area (Å²) in [5.74, 6) is -0.0271. The van der Waals surface area contributed by atoms with Crippen LogP contribution in [0.3, 0.4) is 0 Å². The van der Waals surface area contributed by atoms with Gasteiger partial charge in [0.1, 0.15) is 0 Å². The Morgan fingerprint density at radius 1 is 1.40 bits per heavy atom. The fourth-order valence-corrected chi connectivity index (χ4v) is 2.20. The average Bonchev–Trinajstić information content (AvgIpc) is 2.37. The molecule has 0 unspecified atom stereocenters. The van der Waals surface area contributed by atoms with Crippen LogP contribution in [0.1, 0.15) is 33.6 Å². The first kappa shape index (κ1) is 16.8. The highest BCUT2D eigenvalue weighted by Gasteiger charge is 2.11.